The van der Waals surface area contributed by atoms with Crippen LogP contribution in [0.25, 0.3) is 10.9 Å². The highest BCUT2D eigenvalue weighted by molar-refractivity contribution is 6.00. The lowest BCUT2D eigenvalue weighted by molar-refractivity contribution is 0.252. The maximum atomic E-state index is 12.0. The van der Waals surface area contributed by atoms with Crippen molar-refractivity contribution in [2.45, 2.75) is 6.54 Å². The van der Waals surface area contributed by atoms with Gasteiger partial charge in [0.1, 0.15) is 0 Å². The average Bonchev–Trinajstić information content (AvgIpc) is 2.89. The van der Waals surface area contributed by atoms with Crippen LogP contribution in [0.4, 0.5) is 10.5 Å². The van der Waals surface area contributed by atoms with Gasteiger partial charge in [0.2, 0.25) is 0 Å². The predicted octanol–water partition coefficient (Wildman–Crippen LogP) is 2.90. The number of nitrogens with one attached hydrogen (secondary N) is 2. The molecule has 2 amide bonds. The molecule has 3 rings (SSSR count). The number of fused-ring (bicyclic) bond motifs is 1. The third-order valence-electron chi connectivity index (χ3n) is 3.38. The second kappa shape index (κ2) is 5.66. The highest BCUT2D eigenvalue weighted by Crippen LogP contribution is 2.23. The van der Waals surface area contributed by atoms with Crippen LogP contribution in [0, 0.1) is 0 Å². The van der Waals surface area contributed by atoms with Crippen molar-refractivity contribution >= 4 is 22.6 Å². The van der Waals surface area contributed by atoms with Gasteiger partial charge in [0.05, 0.1) is 5.69 Å². The van der Waals surface area contributed by atoms with Crippen LogP contribution in [0.3, 0.4) is 0 Å². The van der Waals surface area contributed by atoms with Crippen molar-refractivity contribution in [3.05, 3.63) is 60.6 Å². The lowest BCUT2D eigenvalue weighted by atomic mass is 10.2. The molecule has 0 saturated heterocycles. The molecule has 2 heterocycles. The van der Waals surface area contributed by atoms with Gasteiger partial charge in [-0.25, -0.2) is 4.79 Å². The molecular weight excluding hydrogens is 264 g/mol. The highest BCUT2D eigenvalue weighted by atomic mass is 16.2. The minimum Gasteiger partial charge on any atom is -0.350 e. The summed E-state index contributed by atoms with van der Waals surface area (Å²) in [5.41, 5.74) is 2.90. The number of hydrogen-bond donors (Lipinski definition) is 2. The minimum atomic E-state index is -0.219. The summed E-state index contributed by atoms with van der Waals surface area (Å²) in [5, 5.41) is 6.75. The van der Waals surface area contributed by atoms with E-state index in [9.17, 15) is 4.79 Å². The lowest BCUT2D eigenvalue weighted by Crippen LogP contribution is -2.28. The first kappa shape index (κ1) is 13.2. The third-order valence-corrected chi connectivity index (χ3v) is 3.38. The molecule has 2 N–H and O–H groups in total. The van der Waals surface area contributed by atoms with Gasteiger partial charge < -0.3 is 15.2 Å². The minimum absolute atomic E-state index is 0.219. The number of rotatable bonds is 3. The fourth-order valence-corrected chi connectivity index (χ4v) is 2.26. The fraction of sp³-hybridized carbons (Fsp3) is 0.125. The maximum absolute atomic E-state index is 12.0. The first-order valence-electron chi connectivity index (χ1n) is 6.72. The standard InChI is InChI=1S/C16H16N4O/c1-20-10-7-13-14(3-2-4-15(13)20)19-16(21)18-11-12-5-8-17-9-6-12/h2-10H,11H2,1H3,(H2,18,19,21). The summed E-state index contributed by atoms with van der Waals surface area (Å²) >= 11 is 0. The Labute approximate surface area is 122 Å². The topological polar surface area (TPSA) is 59.0 Å². The molecule has 0 unspecified atom stereocenters. The molecule has 5 nitrogen and oxygen atoms in total. The van der Waals surface area contributed by atoms with E-state index in [2.05, 4.69) is 15.6 Å². The molecule has 106 valence electrons. The number of carbonyl (C=O) groups excluding carboxylic acids is 1. The molecule has 0 saturated carbocycles. The zero-order chi connectivity index (χ0) is 14.7. The molecule has 0 radical (unpaired) electrons. The molecule has 0 fully saturated rings. The molecule has 1 aromatic carbocycles. The second-order valence-electron chi connectivity index (χ2n) is 4.83. The number of aromatic nitrogens is 2. The van der Waals surface area contributed by atoms with Gasteiger partial charge in [-0.05, 0) is 35.9 Å². The molecule has 0 bridgehead atoms. The maximum Gasteiger partial charge on any atom is 0.319 e. The number of aryl methyl sites for hydroxylation is 1. The van der Waals surface area contributed by atoms with Crippen LogP contribution in [0.2, 0.25) is 0 Å². The van der Waals surface area contributed by atoms with E-state index in [1.807, 2.05) is 54.2 Å². The molecule has 5 heteroatoms. The Morgan fingerprint density at radius 1 is 1.19 bits per heavy atom. The van der Waals surface area contributed by atoms with Gasteiger partial charge in [-0.1, -0.05) is 6.07 Å². The Morgan fingerprint density at radius 2 is 2.00 bits per heavy atom. The van der Waals surface area contributed by atoms with Crippen molar-refractivity contribution in [3.8, 4) is 0 Å². The van der Waals surface area contributed by atoms with Gasteiger partial charge in [-0.15, -0.1) is 0 Å². The zero-order valence-electron chi connectivity index (χ0n) is 11.7. The number of urea groups is 1. The van der Waals surface area contributed by atoms with E-state index in [1.54, 1.807) is 12.4 Å². The van der Waals surface area contributed by atoms with Gasteiger partial charge in [0, 0.05) is 43.1 Å². The second-order valence-corrected chi connectivity index (χ2v) is 4.83. The van der Waals surface area contributed by atoms with E-state index < -0.39 is 0 Å². The monoisotopic (exact) mass is 280 g/mol. The summed E-state index contributed by atoms with van der Waals surface area (Å²) in [6.07, 6.45) is 5.39. The largest absolute Gasteiger partial charge is 0.350 e. The van der Waals surface area contributed by atoms with Gasteiger partial charge in [-0.2, -0.15) is 0 Å². The number of pyridine rings is 1. The van der Waals surface area contributed by atoms with Crippen molar-refractivity contribution in [2.75, 3.05) is 5.32 Å². The SMILES string of the molecule is Cn1ccc2c(NC(=O)NCc3ccncc3)cccc21. The molecule has 0 atom stereocenters. The number of amides is 2. The van der Waals surface area contributed by atoms with Crippen LogP contribution >= 0.6 is 0 Å². The smallest absolute Gasteiger partial charge is 0.319 e. The molecule has 3 aromatic rings. The summed E-state index contributed by atoms with van der Waals surface area (Å²) in [6, 6.07) is 11.4. The van der Waals surface area contributed by atoms with Gasteiger partial charge in [0.25, 0.3) is 0 Å². The molecule has 0 aliphatic carbocycles. The highest BCUT2D eigenvalue weighted by Gasteiger charge is 2.07. The summed E-state index contributed by atoms with van der Waals surface area (Å²) in [5.74, 6) is 0. The van der Waals surface area contributed by atoms with Gasteiger partial charge >= 0.3 is 6.03 Å². The molecule has 0 aliphatic rings. The molecule has 0 spiro atoms. The Kier molecular flexibility index (Phi) is 3.55. The summed E-state index contributed by atoms with van der Waals surface area (Å²) in [7, 11) is 1.98. The van der Waals surface area contributed by atoms with Crippen molar-refractivity contribution < 1.29 is 4.79 Å². The number of anilines is 1. The van der Waals surface area contributed by atoms with E-state index >= 15 is 0 Å². The van der Waals surface area contributed by atoms with Crippen molar-refractivity contribution in [1.82, 2.24) is 14.9 Å². The van der Waals surface area contributed by atoms with Crippen LogP contribution in [0.1, 0.15) is 5.56 Å². The fourth-order valence-electron chi connectivity index (χ4n) is 2.26. The number of nitrogens with zero attached hydrogens (tertiary/aromatic N) is 2. The molecule has 21 heavy (non-hydrogen) atoms. The first-order chi connectivity index (χ1) is 10.2. The Morgan fingerprint density at radius 3 is 2.81 bits per heavy atom. The molecule has 2 aromatic heterocycles. The predicted molar refractivity (Wildman–Crippen MR) is 83.0 cm³/mol. The van der Waals surface area contributed by atoms with E-state index in [4.69, 9.17) is 0 Å². The van der Waals surface area contributed by atoms with Crippen LogP contribution < -0.4 is 10.6 Å². The van der Waals surface area contributed by atoms with E-state index in [0.717, 1.165) is 22.2 Å². The van der Waals surface area contributed by atoms with E-state index in [1.165, 1.54) is 0 Å². The average molecular weight is 280 g/mol. The normalized spacial score (nSPS) is 10.5. The number of carbonyl (C=O) groups is 1. The quantitative estimate of drug-likeness (QED) is 0.775. The summed E-state index contributed by atoms with van der Waals surface area (Å²) in [6.45, 7) is 0.471. The Hall–Kier alpha value is -2.82. The lowest BCUT2D eigenvalue weighted by Gasteiger charge is -2.09. The van der Waals surface area contributed by atoms with E-state index in [0.29, 0.717) is 6.54 Å². The van der Waals surface area contributed by atoms with Crippen molar-refractivity contribution in [1.29, 1.82) is 0 Å². The van der Waals surface area contributed by atoms with Gasteiger partial charge in [-0.3, -0.25) is 4.98 Å². The zero-order valence-corrected chi connectivity index (χ0v) is 11.7. The van der Waals surface area contributed by atoms with Gasteiger partial charge in [0.15, 0.2) is 0 Å². The van der Waals surface area contributed by atoms with Crippen LogP contribution in [0.5, 0.6) is 0 Å². The molecular formula is C16H16N4O. The van der Waals surface area contributed by atoms with Crippen molar-refractivity contribution in [3.63, 3.8) is 0 Å². The molecule has 0 aliphatic heterocycles. The van der Waals surface area contributed by atoms with E-state index in [-0.39, 0.29) is 6.03 Å². The Bertz CT molecular complexity index is 764. The third kappa shape index (κ3) is 2.86. The van der Waals surface area contributed by atoms with Crippen LogP contribution in [0.15, 0.2) is 55.0 Å². The van der Waals surface area contributed by atoms with Crippen LogP contribution in [-0.2, 0) is 13.6 Å². The Balaban J connectivity index is 1.69. The number of benzene rings is 1. The van der Waals surface area contributed by atoms with Crippen LogP contribution in [-0.4, -0.2) is 15.6 Å². The first-order valence-corrected chi connectivity index (χ1v) is 6.72. The summed E-state index contributed by atoms with van der Waals surface area (Å²) < 4.78 is 2.02. The number of hydrogen-bond acceptors (Lipinski definition) is 2. The summed E-state index contributed by atoms with van der Waals surface area (Å²) in [4.78, 5) is 15.9. The van der Waals surface area contributed by atoms with Crippen molar-refractivity contribution in [2.24, 2.45) is 7.05 Å².